The van der Waals surface area contributed by atoms with Crippen LogP contribution in [-0.2, 0) is 11.2 Å². The summed E-state index contributed by atoms with van der Waals surface area (Å²) in [5.41, 5.74) is 2.21. The van der Waals surface area contributed by atoms with Crippen molar-refractivity contribution >= 4 is 17.4 Å². The second-order valence-corrected chi connectivity index (χ2v) is 3.70. The third kappa shape index (κ3) is 3.28. The van der Waals surface area contributed by atoms with Gasteiger partial charge in [0.2, 0.25) is 5.91 Å². The average Bonchev–Trinajstić information content (AvgIpc) is 2.37. The molecule has 0 heterocycles. The fourth-order valence-corrected chi connectivity index (χ4v) is 1.53. The van der Waals surface area contributed by atoms with Gasteiger partial charge in [-0.25, -0.2) is 0 Å². The van der Waals surface area contributed by atoms with Gasteiger partial charge in [-0.2, -0.15) is 0 Å². The van der Waals surface area contributed by atoms with Gasteiger partial charge in [-0.05, 0) is 30.2 Å². The molecule has 1 aromatic carbocycles. The van der Waals surface area contributed by atoms with Gasteiger partial charge in [0, 0.05) is 12.0 Å². The molecular formula is C14H17NO2. The molecule has 0 bridgehead atoms. The summed E-state index contributed by atoms with van der Waals surface area (Å²) in [4.78, 5) is 23.0. The number of Topliss-reactive ketones (excluding diaryl/α,β-unsaturated/α-hetero) is 1. The Morgan fingerprint density at radius 3 is 2.59 bits per heavy atom. The largest absolute Gasteiger partial charge is 0.322 e. The van der Waals surface area contributed by atoms with E-state index in [9.17, 15) is 9.59 Å². The molecule has 3 heteroatoms. The highest BCUT2D eigenvalue weighted by Gasteiger charge is 2.11. The van der Waals surface area contributed by atoms with Crippen molar-refractivity contribution in [3.05, 3.63) is 42.0 Å². The van der Waals surface area contributed by atoms with Crippen LogP contribution in [0, 0.1) is 0 Å². The molecule has 0 spiro atoms. The normalized spacial score (nSPS) is 9.76. The van der Waals surface area contributed by atoms with Crippen LogP contribution < -0.4 is 5.32 Å². The monoisotopic (exact) mass is 231 g/mol. The summed E-state index contributed by atoms with van der Waals surface area (Å²) in [6.07, 6.45) is 2.47. The smallest absolute Gasteiger partial charge is 0.247 e. The predicted octanol–water partition coefficient (Wildman–Crippen LogP) is 2.97. The molecule has 1 amide bonds. The number of aryl methyl sites for hydroxylation is 1. The number of hydrogen-bond donors (Lipinski definition) is 1. The maximum absolute atomic E-state index is 11.7. The van der Waals surface area contributed by atoms with E-state index in [1.165, 1.54) is 6.08 Å². The molecule has 90 valence electrons. The van der Waals surface area contributed by atoms with E-state index in [2.05, 4.69) is 11.9 Å². The number of rotatable bonds is 5. The van der Waals surface area contributed by atoms with Crippen molar-refractivity contribution in [1.29, 1.82) is 0 Å². The van der Waals surface area contributed by atoms with Gasteiger partial charge in [0.05, 0.1) is 5.69 Å². The van der Waals surface area contributed by atoms with E-state index in [0.717, 1.165) is 12.0 Å². The Kier molecular flexibility index (Phi) is 4.64. The number of amides is 1. The van der Waals surface area contributed by atoms with E-state index in [1.807, 2.05) is 19.1 Å². The highest BCUT2D eigenvalue weighted by molar-refractivity contribution is 6.07. The average molecular weight is 231 g/mol. The molecule has 3 nitrogen and oxygen atoms in total. The lowest BCUT2D eigenvalue weighted by Crippen LogP contribution is -2.12. The fraction of sp³-hybridized carbons (Fsp3) is 0.286. The zero-order valence-electron chi connectivity index (χ0n) is 10.2. The van der Waals surface area contributed by atoms with E-state index in [4.69, 9.17) is 0 Å². The highest BCUT2D eigenvalue weighted by Crippen LogP contribution is 2.20. The number of benzene rings is 1. The molecule has 1 N–H and O–H groups in total. The Morgan fingerprint density at radius 1 is 1.35 bits per heavy atom. The minimum absolute atomic E-state index is 0.0204. The van der Waals surface area contributed by atoms with Crippen molar-refractivity contribution in [1.82, 2.24) is 0 Å². The summed E-state index contributed by atoms with van der Waals surface area (Å²) >= 11 is 0. The number of ketones is 1. The van der Waals surface area contributed by atoms with Gasteiger partial charge in [0.25, 0.3) is 0 Å². The van der Waals surface area contributed by atoms with Crippen molar-refractivity contribution in [2.24, 2.45) is 0 Å². The number of nitrogens with one attached hydrogen (secondary N) is 1. The number of carbonyl (C=O) groups is 2. The number of anilines is 1. The number of hydrogen-bond acceptors (Lipinski definition) is 2. The first-order chi connectivity index (χ1) is 8.12. The van der Waals surface area contributed by atoms with Crippen LogP contribution in [0.3, 0.4) is 0 Å². The second-order valence-electron chi connectivity index (χ2n) is 3.70. The predicted molar refractivity (Wildman–Crippen MR) is 69.3 cm³/mol. The summed E-state index contributed by atoms with van der Waals surface area (Å²) < 4.78 is 0. The molecule has 0 radical (unpaired) electrons. The second kappa shape index (κ2) is 5.99. The Morgan fingerprint density at radius 2 is 2.06 bits per heavy atom. The Balaban J connectivity index is 3.15. The molecule has 1 aromatic rings. The van der Waals surface area contributed by atoms with Crippen LogP contribution >= 0.6 is 0 Å². The zero-order valence-corrected chi connectivity index (χ0v) is 10.2. The van der Waals surface area contributed by atoms with Gasteiger partial charge in [-0.3, -0.25) is 9.59 Å². The molecule has 0 aliphatic carbocycles. The third-order valence-corrected chi connectivity index (χ3v) is 2.56. The molecule has 0 aliphatic rings. The minimum atomic E-state index is -0.302. The van der Waals surface area contributed by atoms with E-state index < -0.39 is 0 Å². The molecule has 0 saturated heterocycles. The molecule has 0 aliphatic heterocycles. The van der Waals surface area contributed by atoms with Crippen LogP contribution in [0.15, 0.2) is 30.9 Å². The SMILES string of the molecule is C=CC(=O)Nc1cc(CC)ccc1C(=O)CC. The van der Waals surface area contributed by atoms with Crippen LogP contribution in [0.25, 0.3) is 0 Å². The summed E-state index contributed by atoms with van der Waals surface area (Å²) in [5.74, 6) is -0.282. The lowest BCUT2D eigenvalue weighted by atomic mass is 10.0. The molecule has 1 rings (SSSR count). The van der Waals surface area contributed by atoms with Crippen molar-refractivity contribution < 1.29 is 9.59 Å². The minimum Gasteiger partial charge on any atom is -0.322 e. The molecule has 17 heavy (non-hydrogen) atoms. The van der Waals surface area contributed by atoms with E-state index in [1.54, 1.807) is 13.0 Å². The highest BCUT2D eigenvalue weighted by atomic mass is 16.1. The van der Waals surface area contributed by atoms with Crippen molar-refractivity contribution in [3.8, 4) is 0 Å². The topological polar surface area (TPSA) is 46.2 Å². The molecule has 0 aromatic heterocycles. The standard InChI is InChI=1S/C14H17NO2/c1-4-10-7-8-11(13(16)5-2)12(9-10)15-14(17)6-3/h6-9H,3-5H2,1-2H3,(H,15,17). The van der Waals surface area contributed by atoms with Crippen LogP contribution in [-0.4, -0.2) is 11.7 Å². The summed E-state index contributed by atoms with van der Waals surface area (Å²) in [7, 11) is 0. The molecule has 0 atom stereocenters. The molecule has 0 unspecified atom stereocenters. The molecular weight excluding hydrogens is 214 g/mol. The van der Waals surface area contributed by atoms with Crippen LogP contribution in [0.1, 0.15) is 36.2 Å². The molecule has 0 saturated carbocycles. The van der Waals surface area contributed by atoms with E-state index in [0.29, 0.717) is 17.7 Å². The van der Waals surface area contributed by atoms with E-state index in [-0.39, 0.29) is 11.7 Å². The van der Waals surface area contributed by atoms with Crippen LogP contribution in [0.4, 0.5) is 5.69 Å². The van der Waals surface area contributed by atoms with Crippen molar-refractivity contribution in [2.45, 2.75) is 26.7 Å². The Bertz CT molecular complexity index is 450. The maximum atomic E-state index is 11.7. The van der Waals surface area contributed by atoms with Gasteiger partial charge < -0.3 is 5.32 Å². The summed E-state index contributed by atoms with van der Waals surface area (Å²) in [6, 6.07) is 5.51. The summed E-state index contributed by atoms with van der Waals surface area (Å²) in [6.45, 7) is 7.22. The van der Waals surface area contributed by atoms with Gasteiger partial charge in [-0.15, -0.1) is 0 Å². The van der Waals surface area contributed by atoms with Gasteiger partial charge in [0.15, 0.2) is 5.78 Å². The lowest BCUT2D eigenvalue weighted by Gasteiger charge is -2.10. The third-order valence-electron chi connectivity index (χ3n) is 2.56. The van der Waals surface area contributed by atoms with Crippen LogP contribution in [0.5, 0.6) is 0 Å². The first-order valence-electron chi connectivity index (χ1n) is 5.71. The van der Waals surface area contributed by atoms with Crippen molar-refractivity contribution in [2.75, 3.05) is 5.32 Å². The van der Waals surface area contributed by atoms with Crippen molar-refractivity contribution in [3.63, 3.8) is 0 Å². The summed E-state index contributed by atoms with van der Waals surface area (Å²) in [5, 5.41) is 2.67. The Labute approximate surface area is 102 Å². The lowest BCUT2D eigenvalue weighted by molar-refractivity contribution is -0.111. The van der Waals surface area contributed by atoms with E-state index >= 15 is 0 Å². The maximum Gasteiger partial charge on any atom is 0.247 e. The molecule has 0 fully saturated rings. The van der Waals surface area contributed by atoms with Gasteiger partial charge >= 0.3 is 0 Å². The Hall–Kier alpha value is -1.90. The first-order valence-corrected chi connectivity index (χ1v) is 5.71. The van der Waals surface area contributed by atoms with Gasteiger partial charge in [-0.1, -0.05) is 26.5 Å². The quantitative estimate of drug-likeness (QED) is 0.625. The zero-order chi connectivity index (χ0) is 12.8. The number of carbonyl (C=O) groups excluding carboxylic acids is 2. The van der Waals surface area contributed by atoms with Gasteiger partial charge in [0.1, 0.15) is 0 Å². The first kappa shape index (κ1) is 13.2. The van der Waals surface area contributed by atoms with Crippen LogP contribution in [0.2, 0.25) is 0 Å². The fourth-order valence-electron chi connectivity index (χ4n) is 1.53.